The number of aromatic nitrogens is 4. The molecule has 1 fully saturated rings. The molecular formula is C22H20N6O. The fourth-order valence-corrected chi connectivity index (χ4v) is 3.54. The van der Waals surface area contributed by atoms with E-state index < -0.39 is 0 Å². The first-order chi connectivity index (χ1) is 14.1. The quantitative estimate of drug-likeness (QED) is 0.558. The summed E-state index contributed by atoms with van der Waals surface area (Å²) < 4.78 is 1.79. The largest absolute Gasteiger partial charge is 0.384 e. The van der Waals surface area contributed by atoms with Crippen molar-refractivity contribution in [1.82, 2.24) is 19.7 Å². The van der Waals surface area contributed by atoms with Crippen molar-refractivity contribution < 1.29 is 4.79 Å². The lowest BCUT2D eigenvalue weighted by atomic mass is 10.1. The van der Waals surface area contributed by atoms with E-state index in [1.165, 1.54) is 0 Å². The lowest BCUT2D eigenvalue weighted by molar-refractivity contribution is 0.102. The van der Waals surface area contributed by atoms with Gasteiger partial charge in [-0.3, -0.25) is 9.48 Å². The minimum atomic E-state index is -0.249. The van der Waals surface area contributed by atoms with E-state index in [-0.39, 0.29) is 5.91 Å². The van der Waals surface area contributed by atoms with Crippen molar-refractivity contribution in [2.24, 2.45) is 7.05 Å². The lowest BCUT2D eigenvalue weighted by Crippen LogP contribution is -2.15. The fourth-order valence-electron chi connectivity index (χ4n) is 3.54. The molecule has 1 aromatic carbocycles. The van der Waals surface area contributed by atoms with Crippen molar-refractivity contribution in [3.05, 3.63) is 66.0 Å². The van der Waals surface area contributed by atoms with Gasteiger partial charge in [0.05, 0.1) is 16.9 Å². The Balaban J connectivity index is 1.48. The number of benzene rings is 1. The molecule has 1 saturated carbocycles. The highest BCUT2D eigenvalue weighted by Crippen LogP contribution is 2.44. The van der Waals surface area contributed by atoms with E-state index >= 15 is 0 Å². The summed E-state index contributed by atoms with van der Waals surface area (Å²) in [5, 5.41) is 8.54. The highest BCUT2D eigenvalue weighted by atomic mass is 16.1. The Hall–Kier alpha value is -3.74. The second kappa shape index (κ2) is 6.70. The zero-order valence-electron chi connectivity index (χ0n) is 16.0. The third kappa shape index (κ3) is 3.42. The number of pyridine rings is 2. The van der Waals surface area contributed by atoms with Gasteiger partial charge in [0.2, 0.25) is 0 Å². The Morgan fingerprint density at radius 2 is 1.86 bits per heavy atom. The number of nitrogens with one attached hydrogen (secondary N) is 1. The average Bonchev–Trinajstić information content (AvgIpc) is 3.49. The van der Waals surface area contributed by atoms with Gasteiger partial charge in [-0.2, -0.15) is 5.10 Å². The van der Waals surface area contributed by atoms with E-state index in [2.05, 4.69) is 26.4 Å². The maximum Gasteiger partial charge on any atom is 0.274 e. The number of nitrogens with zero attached hydrogens (tertiary/aromatic N) is 4. The zero-order valence-corrected chi connectivity index (χ0v) is 16.0. The van der Waals surface area contributed by atoms with Crippen LogP contribution in [-0.4, -0.2) is 25.7 Å². The Kier molecular flexibility index (Phi) is 4.01. The van der Waals surface area contributed by atoms with Crippen molar-refractivity contribution >= 4 is 28.3 Å². The smallest absolute Gasteiger partial charge is 0.274 e. The number of nitrogen functional groups attached to an aromatic ring is 1. The van der Waals surface area contributed by atoms with Crippen LogP contribution in [0.5, 0.6) is 0 Å². The van der Waals surface area contributed by atoms with Crippen molar-refractivity contribution in [2.75, 3.05) is 11.1 Å². The maximum absolute atomic E-state index is 13.0. The molecule has 29 heavy (non-hydrogen) atoms. The molecule has 0 saturated heterocycles. The standard InChI is InChI=1S/C22H20N6O/c1-28-12-14-10-20(15(13-8-9-13)11-19(14)27-28)26-22(29)18-6-2-4-16(24-18)17-5-3-7-21(23)25-17/h2-7,10-13H,8-9H2,1H3,(H2,23,25)(H,26,29). The van der Waals surface area contributed by atoms with Crippen LogP contribution < -0.4 is 11.1 Å². The van der Waals surface area contributed by atoms with Crippen LogP contribution in [0.15, 0.2) is 54.7 Å². The molecule has 5 rings (SSSR count). The molecule has 7 heteroatoms. The zero-order chi connectivity index (χ0) is 20.0. The van der Waals surface area contributed by atoms with E-state index in [0.29, 0.717) is 28.8 Å². The van der Waals surface area contributed by atoms with E-state index in [4.69, 9.17) is 5.73 Å². The van der Waals surface area contributed by atoms with E-state index in [9.17, 15) is 4.79 Å². The molecule has 0 spiro atoms. The van der Waals surface area contributed by atoms with E-state index in [1.807, 2.05) is 37.5 Å². The number of hydrogen-bond acceptors (Lipinski definition) is 5. The van der Waals surface area contributed by atoms with Gasteiger partial charge in [0.1, 0.15) is 11.5 Å². The number of rotatable bonds is 4. The highest BCUT2D eigenvalue weighted by molar-refractivity contribution is 6.04. The third-order valence-electron chi connectivity index (χ3n) is 5.07. The van der Waals surface area contributed by atoms with Crippen molar-refractivity contribution in [3.8, 4) is 11.4 Å². The Morgan fingerprint density at radius 3 is 2.62 bits per heavy atom. The van der Waals surface area contributed by atoms with Gasteiger partial charge >= 0.3 is 0 Å². The van der Waals surface area contributed by atoms with Crippen LogP contribution in [0, 0.1) is 0 Å². The van der Waals surface area contributed by atoms with Crippen LogP contribution in [-0.2, 0) is 7.05 Å². The summed E-state index contributed by atoms with van der Waals surface area (Å²) >= 11 is 0. The van der Waals surface area contributed by atoms with Gasteiger partial charge in [-0.1, -0.05) is 12.1 Å². The number of aryl methyl sites for hydroxylation is 1. The van der Waals surface area contributed by atoms with Crippen molar-refractivity contribution in [2.45, 2.75) is 18.8 Å². The molecule has 0 radical (unpaired) electrons. The SMILES string of the molecule is Cn1cc2cc(NC(=O)c3cccc(-c4cccc(N)n4)n3)c(C3CC3)cc2n1. The lowest BCUT2D eigenvalue weighted by Gasteiger charge is -2.11. The van der Waals surface area contributed by atoms with Crippen molar-refractivity contribution in [1.29, 1.82) is 0 Å². The van der Waals surface area contributed by atoms with Crippen LogP contribution in [0.4, 0.5) is 11.5 Å². The summed E-state index contributed by atoms with van der Waals surface area (Å²) in [6, 6.07) is 14.8. The summed E-state index contributed by atoms with van der Waals surface area (Å²) in [7, 11) is 1.90. The molecule has 0 atom stereocenters. The van der Waals surface area contributed by atoms with Crippen LogP contribution in [0.3, 0.4) is 0 Å². The predicted octanol–water partition coefficient (Wildman–Crippen LogP) is 3.74. The topological polar surface area (TPSA) is 98.7 Å². The number of fused-ring (bicyclic) bond motifs is 1. The van der Waals surface area contributed by atoms with Gasteiger partial charge in [0, 0.05) is 24.3 Å². The minimum absolute atomic E-state index is 0.249. The molecule has 4 aromatic rings. The van der Waals surface area contributed by atoms with Crippen molar-refractivity contribution in [3.63, 3.8) is 0 Å². The molecule has 1 aliphatic rings. The number of amides is 1. The Morgan fingerprint density at radius 1 is 1.10 bits per heavy atom. The van der Waals surface area contributed by atoms with E-state index in [1.54, 1.807) is 22.9 Å². The number of hydrogen-bond donors (Lipinski definition) is 2. The van der Waals surface area contributed by atoms with Gasteiger partial charge in [0.25, 0.3) is 5.91 Å². The molecule has 144 valence electrons. The third-order valence-corrected chi connectivity index (χ3v) is 5.07. The highest BCUT2D eigenvalue weighted by Gasteiger charge is 2.27. The van der Waals surface area contributed by atoms with Crippen LogP contribution in [0.2, 0.25) is 0 Å². The monoisotopic (exact) mass is 384 g/mol. The van der Waals surface area contributed by atoms with Crippen LogP contribution >= 0.6 is 0 Å². The number of nitrogens with two attached hydrogens (primary N) is 1. The number of carbonyl (C=O) groups is 1. The van der Waals surface area contributed by atoms with Crippen LogP contribution in [0.1, 0.15) is 34.8 Å². The molecule has 3 N–H and O–H groups in total. The summed E-state index contributed by atoms with van der Waals surface area (Å²) in [6.45, 7) is 0. The van der Waals surface area contributed by atoms with Gasteiger partial charge in [0.15, 0.2) is 0 Å². The molecule has 3 aromatic heterocycles. The molecule has 7 nitrogen and oxygen atoms in total. The molecule has 0 unspecified atom stereocenters. The minimum Gasteiger partial charge on any atom is -0.384 e. The fraction of sp³-hybridized carbons (Fsp3) is 0.182. The molecule has 3 heterocycles. The van der Waals surface area contributed by atoms with Gasteiger partial charge < -0.3 is 11.1 Å². The van der Waals surface area contributed by atoms with Gasteiger partial charge in [-0.05, 0) is 60.7 Å². The normalized spacial score (nSPS) is 13.6. The molecule has 1 aliphatic carbocycles. The maximum atomic E-state index is 13.0. The molecular weight excluding hydrogens is 364 g/mol. The molecule has 0 aliphatic heterocycles. The first-order valence-corrected chi connectivity index (χ1v) is 9.55. The first-order valence-electron chi connectivity index (χ1n) is 9.55. The van der Waals surface area contributed by atoms with E-state index in [0.717, 1.165) is 35.0 Å². The van der Waals surface area contributed by atoms with Crippen LogP contribution in [0.25, 0.3) is 22.3 Å². The predicted molar refractivity (Wildman–Crippen MR) is 113 cm³/mol. The first kappa shape index (κ1) is 17.4. The summed E-state index contributed by atoms with van der Waals surface area (Å²) in [4.78, 5) is 21.7. The second-order valence-electron chi connectivity index (χ2n) is 7.39. The number of carbonyl (C=O) groups excluding carboxylic acids is 1. The van der Waals surface area contributed by atoms with Gasteiger partial charge in [-0.25, -0.2) is 9.97 Å². The van der Waals surface area contributed by atoms with Gasteiger partial charge in [-0.15, -0.1) is 0 Å². The Labute approximate surface area is 167 Å². The summed E-state index contributed by atoms with van der Waals surface area (Å²) in [5.41, 5.74) is 10.3. The Bertz CT molecular complexity index is 1240. The second-order valence-corrected chi connectivity index (χ2v) is 7.39. The molecule has 1 amide bonds. The molecule has 0 bridgehead atoms. The summed E-state index contributed by atoms with van der Waals surface area (Å²) in [6.07, 6.45) is 4.22. The average molecular weight is 384 g/mol. The number of anilines is 2. The summed E-state index contributed by atoms with van der Waals surface area (Å²) in [5.74, 6) is 0.645.